The molecule has 5 nitrogen and oxygen atoms in total. The molecule has 0 amide bonds. The van der Waals surface area contributed by atoms with Crippen LogP contribution in [0.4, 0.5) is 0 Å². The molecule has 0 aliphatic heterocycles. The maximum atomic E-state index is 14.4. The van der Waals surface area contributed by atoms with Gasteiger partial charge < -0.3 is 5.11 Å². The summed E-state index contributed by atoms with van der Waals surface area (Å²) in [4.78, 5) is 40.1. The van der Waals surface area contributed by atoms with Crippen LogP contribution in [0.5, 0.6) is 0 Å². The molecule has 0 saturated heterocycles. The summed E-state index contributed by atoms with van der Waals surface area (Å²) in [6, 6.07) is 2.53. The molecule has 0 aromatic rings. The summed E-state index contributed by atoms with van der Waals surface area (Å²) in [5.41, 5.74) is -2.61. The number of nitrogens with zero attached hydrogens (tertiary/aromatic N) is 1. The lowest BCUT2D eigenvalue weighted by Gasteiger charge is -2.71. The SMILES string of the molecule is CC1(C)CCC2(C(=O)O)CCC3(C)C(C(=O)CC4C5(C)C=CC(=O)C(C)(C)C5CCC43C)C2C1C#N. The number of carboxylic acids is 1. The number of fused-ring (bicyclic) bond motifs is 7. The molecule has 1 N–H and O–H groups in total. The molecule has 4 saturated carbocycles. The molecule has 36 heavy (non-hydrogen) atoms. The lowest BCUT2D eigenvalue weighted by Crippen LogP contribution is -2.70. The third-order valence-electron chi connectivity index (χ3n) is 13.1. The Balaban J connectivity index is 1.67. The van der Waals surface area contributed by atoms with E-state index in [9.17, 15) is 24.8 Å². The zero-order valence-electron chi connectivity index (χ0n) is 23.1. The third kappa shape index (κ3) is 2.80. The highest BCUT2D eigenvalue weighted by Gasteiger charge is 2.74. The van der Waals surface area contributed by atoms with Gasteiger partial charge in [-0.25, -0.2) is 0 Å². The highest BCUT2D eigenvalue weighted by Crippen LogP contribution is 2.76. The Morgan fingerprint density at radius 2 is 1.58 bits per heavy atom. The first kappa shape index (κ1) is 25.7. The maximum absolute atomic E-state index is 14.4. The summed E-state index contributed by atoms with van der Waals surface area (Å²) in [6.07, 6.45) is 8.58. The van der Waals surface area contributed by atoms with Crippen LogP contribution in [0.1, 0.15) is 93.4 Å². The second kappa shape index (κ2) is 7.33. The van der Waals surface area contributed by atoms with E-state index in [2.05, 4.69) is 60.6 Å². The monoisotopic (exact) mass is 493 g/mol. The van der Waals surface area contributed by atoms with Gasteiger partial charge in [0.05, 0.1) is 17.4 Å². The smallest absolute Gasteiger partial charge is 0.309 e. The fraction of sp³-hybridized carbons (Fsp3) is 0.806. The number of carbonyl (C=O) groups is 3. The van der Waals surface area contributed by atoms with Crippen LogP contribution in [0.3, 0.4) is 0 Å². The number of hydrogen-bond donors (Lipinski definition) is 1. The molecule has 5 rings (SSSR count). The number of carboxylic acid groups (broad SMARTS) is 1. The van der Waals surface area contributed by atoms with Crippen molar-refractivity contribution < 1.29 is 19.5 Å². The van der Waals surface area contributed by atoms with Gasteiger partial charge in [0.2, 0.25) is 0 Å². The first-order valence-electron chi connectivity index (χ1n) is 13.9. The molecule has 0 aromatic carbocycles. The van der Waals surface area contributed by atoms with Crippen LogP contribution in [-0.2, 0) is 14.4 Å². The van der Waals surface area contributed by atoms with Crippen LogP contribution in [0.2, 0.25) is 0 Å². The van der Waals surface area contributed by atoms with Crippen LogP contribution in [0.25, 0.3) is 0 Å². The minimum absolute atomic E-state index is 0.0931. The summed E-state index contributed by atoms with van der Waals surface area (Å²) >= 11 is 0. The molecule has 9 atom stereocenters. The fourth-order valence-electron chi connectivity index (χ4n) is 10.6. The predicted octanol–water partition coefficient (Wildman–Crippen LogP) is 6.23. The van der Waals surface area contributed by atoms with E-state index in [-0.39, 0.29) is 45.1 Å². The largest absolute Gasteiger partial charge is 0.481 e. The van der Waals surface area contributed by atoms with Crippen molar-refractivity contribution in [3.05, 3.63) is 12.2 Å². The van der Waals surface area contributed by atoms with Gasteiger partial charge in [-0.2, -0.15) is 5.26 Å². The summed E-state index contributed by atoms with van der Waals surface area (Å²) in [5, 5.41) is 21.0. The topological polar surface area (TPSA) is 95.2 Å². The van der Waals surface area contributed by atoms with Crippen molar-refractivity contribution in [2.24, 2.45) is 62.1 Å². The summed E-state index contributed by atoms with van der Waals surface area (Å²) in [5.74, 6) is -1.58. The number of nitriles is 1. The zero-order chi connectivity index (χ0) is 26.7. The highest BCUT2D eigenvalue weighted by molar-refractivity contribution is 5.96. The van der Waals surface area contributed by atoms with E-state index < -0.39 is 34.6 Å². The Morgan fingerprint density at radius 1 is 0.944 bits per heavy atom. The Bertz CT molecular complexity index is 1110. The number of carbonyl (C=O) groups excluding carboxylic acids is 2. The molecular formula is C31H43NO4. The number of allylic oxidation sites excluding steroid dienone is 2. The molecule has 9 unspecified atom stereocenters. The predicted molar refractivity (Wildman–Crippen MR) is 136 cm³/mol. The normalized spacial score (nSPS) is 50.7. The van der Waals surface area contributed by atoms with Gasteiger partial charge in [0.25, 0.3) is 0 Å². The van der Waals surface area contributed by atoms with Crippen molar-refractivity contribution >= 4 is 17.5 Å². The maximum Gasteiger partial charge on any atom is 0.309 e. The fourth-order valence-corrected chi connectivity index (χ4v) is 10.6. The zero-order valence-corrected chi connectivity index (χ0v) is 23.1. The average Bonchev–Trinajstić information content (AvgIpc) is 2.78. The molecule has 4 fully saturated rings. The molecular weight excluding hydrogens is 450 g/mol. The molecule has 0 radical (unpaired) electrons. The summed E-state index contributed by atoms with van der Waals surface area (Å²) in [7, 11) is 0. The van der Waals surface area contributed by atoms with Gasteiger partial charge in [0.15, 0.2) is 5.78 Å². The molecule has 5 aliphatic carbocycles. The van der Waals surface area contributed by atoms with Crippen LogP contribution in [0.15, 0.2) is 12.2 Å². The molecule has 196 valence electrons. The minimum Gasteiger partial charge on any atom is -0.481 e. The van der Waals surface area contributed by atoms with E-state index in [1.165, 1.54) is 0 Å². The van der Waals surface area contributed by atoms with Crippen molar-refractivity contribution in [1.29, 1.82) is 5.26 Å². The lowest BCUT2D eigenvalue weighted by molar-refractivity contribution is -0.231. The quantitative estimate of drug-likeness (QED) is 0.467. The van der Waals surface area contributed by atoms with E-state index >= 15 is 0 Å². The highest BCUT2D eigenvalue weighted by atomic mass is 16.4. The van der Waals surface area contributed by atoms with Crippen LogP contribution in [-0.4, -0.2) is 22.6 Å². The first-order chi connectivity index (χ1) is 16.5. The van der Waals surface area contributed by atoms with Gasteiger partial charge in [0.1, 0.15) is 5.78 Å². The summed E-state index contributed by atoms with van der Waals surface area (Å²) < 4.78 is 0. The van der Waals surface area contributed by atoms with Crippen molar-refractivity contribution in [3.8, 4) is 6.07 Å². The molecule has 5 heteroatoms. The van der Waals surface area contributed by atoms with Crippen LogP contribution >= 0.6 is 0 Å². The van der Waals surface area contributed by atoms with E-state index in [1.54, 1.807) is 6.08 Å². The van der Waals surface area contributed by atoms with Gasteiger partial charge in [-0.05, 0) is 78.1 Å². The lowest BCUT2D eigenvalue weighted by atomic mass is 9.31. The average molecular weight is 494 g/mol. The van der Waals surface area contributed by atoms with Crippen molar-refractivity contribution in [2.75, 3.05) is 0 Å². The van der Waals surface area contributed by atoms with E-state index in [0.717, 1.165) is 12.8 Å². The summed E-state index contributed by atoms with van der Waals surface area (Å²) in [6.45, 7) is 15.1. The number of hydrogen-bond acceptors (Lipinski definition) is 4. The van der Waals surface area contributed by atoms with Gasteiger partial charge in [-0.15, -0.1) is 0 Å². The standard InChI is InChI=1S/C31H43NO4/c1-26(2)12-14-31(25(35)36)15-13-30(7)24(23(31)18(26)17-32)19(33)16-21-28(5)10-9-22(34)27(3,4)20(28)8-11-29(21,30)6/h9-10,18,20-21,23-24H,8,11-16H2,1-7H3,(H,35,36). The van der Waals surface area contributed by atoms with Gasteiger partial charge >= 0.3 is 5.97 Å². The van der Waals surface area contributed by atoms with Gasteiger partial charge in [-0.1, -0.05) is 54.5 Å². The number of Topliss-reactive ketones (excluding diaryl/α,β-unsaturated/α-hetero) is 1. The second-order valence-electron chi connectivity index (χ2n) is 15.0. The van der Waals surface area contributed by atoms with E-state index in [0.29, 0.717) is 32.1 Å². The van der Waals surface area contributed by atoms with Gasteiger partial charge in [0, 0.05) is 23.7 Å². The number of rotatable bonds is 1. The molecule has 0 heterocycles. The number of aliphatic carboxylic acids is 1. The number of ketones is 2. The molecule has 0 bridgehead atoms. The van der Waals surface area contributed by atoms with Crippen molar-refractivity contribution in [1.82, 2.24) is 0 Å². The van der Waals surface area contributed by atoms with E-state index in [4.69, 9.17) is 0 Å². The molecule has 0 spiro atoms. The van der Waals surface area contributed by atoms with Gasteiger partial charge in [-0.3, -0.25) is 14.4 Å². The van der Waals surface area contributed by atoms with Crippen molar-refractivity contribution in [3.63, 3.8) is 0 Å². The minimum atomic E-state index is -1.00. The molecule has 5 aliphatic rings. The van der Waals surface area contributed by atoms with Crippen LogP contribution < -0.4 is 0 Å². The second-order valence-corrected chi connectivity index (χ2v) is 15.0. The van der Waals surface area contributed by atoms with Crippen molar-refractivity contribution in [2.45, 2.75) is 93.4 Å². The van der Waals surface area contributed by atoms with E-state index in [1.807, 2.05) is 0 Å². The Hall–Kier alpha value is -1.96. The first-order valence-corrected chi connectivity index (χ1v) is 13.9. The Morgan fingerprint density at radius 3 is 2.19 bits per heavy atom. The third-order valence-corrected chi connectivity index (χ3v) is 13.1. The van der Waals surface area contributed by atoms with Crippen LogP contribution in [0, 0.1) is 73.4 Å². The Labute approximate surface area is 216 Å². The Kier molecular flexibility index (Phi) is 5.23. The molecule has 0 aromatic heterocycles.